The first kappa shape index (κ1) is 12.7. The fourth-order valence-corrected chi connectivity index (χ4v) is 0.956. The summed E-state index contributed by atoms with van der Waals surface area (Å²) in [6, 6.07) is 0. The predicted molar refractivity (Wildman–Crippen MR) is 51.6 cm³/mol. The Balaban J connectivity index is 4.30. The molecule has 0 aliphatic rings. The topological polar surface area (TPSA) is 52.6 Å². The standard InChI is InChI=1S/C10H16O4/c1-5-9(14-8(4)11)7(3)10(12)13-6-2/h9H,3,5-6H2,1-2,4H3/t9-/m0/s1. The van der Waals surface area contributed by atoms with E-state index in [1.807, 2.05) is 0 Å². The van der Waals surface area contributed by atoms with Gasteiger partial charge in [-0.3, -0.25) is 4.79 Å². The summed E-state index contributed by atoms with van der Waals surface area (Å²) in [6.45, 7) is 8.63. The maximum Gasteiger partial charge on any atom is 0.337 e. The number of rotatable bonds is 5. The summed E-state index contributed by atoms with van der Waals surface area (Å²) < 4.78 is 9.63. The van der Waals surface area contributed by atoms with Crippen LogP contribution in [0.2, 0.25) is 0 Å². The van der Waals surface area contributed by atoms with Crippen molar-refractivity contribution in [3.63, 3.8) is 0 Å². The van der Waals surface area contributed by atoms with Gasteiger partial charge in [0.05, 0.1) is 12.2 Å². The molecular weight excluding hydrogens is 184 g/mol. The Bertz CT molecular complexity index is 232. The normalized spacial score (nSPS) is 11.6. The number of esters is 2. The quantitative estimate of drug-likeness (QED) is 0.498. The van der Waals surface area contributed by atoms with E-state index >= 15 is 0 Å². The highest BCUT2D eigenvalue weighted by molar-refractivity contribution is 5.89. The first-order chi connectivity index (χ1) is 6.52. The second kappa shape index (κ2) is 6.18. The van der Waals surface area contributed by atoms with Crippen LogP contribution >= 0.6 is 0 Å². The van der Waals surface area contributed by atoms with Gasteiger partial charge in [-0.25, -0.2) is 4.79 Å². The zero-order chi connectivity index (χ0) is 11.1. The van der Waals surface area contributed by atoms with Gasteiger partial charge in [0.1, 0.15) is 6.10 Å². The molecule has 0 heterocycles. The van der Waals surface area contributed by atoms with Crippen molar-refractivity contribution >= 4 is 11.9 Å². The predicted octanol–water partition coefficient (Wildman–Crippen LogP) is 1.45. The second-order valence-corrected chi connectivity index (χ2v) is 2.75. The Kier molecular flexibility index (Phi) is 5.60. The van der Waals surface area contributed by atoms with Crippen LogP contribution in [-0.2, 0) is 19.1 Å². The molecule has 1 atom stereocenters. The molecule has 0 aliphatic carbocycles. The van der Waals surface area contributed by atoms with Gasteiger partial charge in [0, 0.05) is 6.92 Å². The molecule has 4 heteroatoms. The summed E-state index contributed by atoms with van der Waals surface area (Å²) in [5.74, 6) is -0.942. The van der Waals surface area contributed by atoms with E-state index in [4.69, 9.17) is 9.47 Å². The first-order valence-electron chi connectivity index (χ1n) is 4.56. The molecule has 0 aromatic heterocycles. The van der Waals surface area contributed by atoms with Gasteiger partial charge >= 0.3 is 11.9 Å². The summed E-state index contributed by atoms with van der Waals surface area (Å²) in [7, 11) is 0. The minimum absolute atomic E-state index is 0.185. The zero-order valence-corrected chi connectivity index (χ0v) is 8.83. The van der Waals surface area contributed by atoms with Crippen molar-refractivity contribution in [3.05, 3.63) is 12.2 Å². The van der Waals surface area contributed by atoms with E-state index in [1.54, 1.807) is 13.8 Å². The van der Waals surface area contributed by atoms with E-state index in [2.05, 4.69) is 6.58 Å². The van der Waals surface area contributed by atoms with E-state index in [-0.39, 0.29) is 12.2 Å². The lowest BCUT2D eigenvalue weighted by molar-refractivity contribution is -0.147. The van der Waals surface area contributed by atoms with Crippen LogP contribution in [0.25, 0.3) is 0 Å². The van der Waals surface area contributed by atoms with Gasteiger partial charge in [-0.2, -0.15) is 0 Å². The largest absolute Gasteiger partial charge is 0.463 e. The Morgan fingerprint density at radius 2 is 1.93 bits per heavy atom. The van der Waals surface area contributed by atoms with Crippen molar-refractivity contribution in [2.24, 2.45) is 0 Å². The summed E-state index contributed by atoms with van der Waals surface area (Å²) in [4.78, 5) is 21.9. The van der Waals surface area contributed by atoms with Crippen LogP contribution in [0, 0.1) is 0 Å². The number of carbonyl (C=O) groups is 2. The Morgan fingerprint density at radius 1 is 1.36 bits per heavy atom. The average Bonchev–Trinajstić information content (AvgIpc) is 2.13. The first-order valence-corrected chi connectivity index (χ1v) is 4.56. The minimum atomic E-state index is -0.577. The van der Waals surface area contributed by atoms with Crippen LogP contribution in [0.3, 0.4) is 0 Å². The van der Waals surface area contributed by atoms with Crippen molar-refractivity contribution in [2.45, 2.75) is 33.3 Å². The van der Waals surface area contributed by atoms with Gasteiger partial charge in [-0.15, -0.1) is 0 Å². The Labute approximate surface area is 83.9 Å². The van der Waals surface area contributed by atoms with Crippen molar-refractivity contribution < 1.29 is 19.1 Å². The maximum atomic E-state index is 11.2. The molecule has 0 fully saturated rings. The van der Waals surface area contributed by atoms with Gasteiger partial charge in [-0.05, 0) is 13.3 Å². The van der Waals surface area contributed by atoms with Crippen LogP contribution in [-0.4, -0.2) is 24.6 Å². The number of hydrogen-bond donors (Lipinski definition) is 0. The average molecular weight is 200 g/mol. The fraction of sp³-hybridized carbons (Fsp3) is 0.600. The molecule has 0 amide bonds. The third-order valence-corrected chi connectivity index (χ3v) is 1.61. The lowest BCUT2D eigenvalue weighted by Crippen LogP contribution is -2.23. The monoisotopic (exact) mass is 200 g/mol. The molecule has 0 saturated carbocycles. The van der Waals surface area contributed by atoms with Crippen molar-refractivity contribution in [1.82, 2.24) is 0 Å². The third-order valence-electron chi connectivity index (χ3n) is 1.61. The fourth-order valence-electron chi connectivity index (χ4n) is 0.956. The summed E-state index contributed by atoms with van der Waals surface area (Å²) in [5, 5.41) is 0. The summed E-state index contributed by atoms with van der Waals surface area (Å²) in [6.07, 6.45) is -0.0661. The lowest BCUT2D eigenvalue weighted by Gasteiger charge is -2.16. The summed E-state index contributed by atoms with van der Waals surface area (Å²) >= 11 is 0. The molecule has 0 unspecified atom stereocenters. The smallest absolute Gasteiger partial charge is 0.337 e. The second-order valence-electron chi connectivity index (χ2n) is 2.75. The molecule has 0 aromatic rings. The highest BCUT2D eigenvalue weighted by atomic mass is 16.6. The zero-order valence-electron chi connectivity index (χ0n) is 8.83. The number of hydrogen-bond acceptors (Lipinski definition) is 4. The van der Waals surface area contributed by atoms with E-state index < -0.39 is 18.0 Å². The SMILES string of the molecule is C=C(C(=O)OCC)[C@H](CC)OC(C)=O. The van der Waals surface area contributed by atoms with Crippen molar-refractivity contribution in [1.29, 1.82) is 0 Å². The Hall–Kier alpha value is -1.32. The van der Waals surface area contributed by atoms with E-state index in [0.717, 1.165) is 0 Å². The number of ether oxygens (including phenoxy) is 2. The molecule has 4 nitrogen and oxygen atoms in total. The molecule has 0 radical (unpaired) electrons. The van der Waals surface area contributed by atoms with Crippen LogP contribution in [0.1, 0.15) is 27.2 Å². The molecule has 0 aromatic carbocycles. The maximum absolute atomic E-state index is 11.2. The van der Waals surface area contributed by atoms with Crippen LogP contribution in [0.15, 0.2) is 12.2 Å². The molecule has 14 heavy (non-hydrogen) atoms. The molecule has 0 saturated heterocycles. The lowest BCUT2D eigenvalue weighted by atomic mass is 10.1. The highest BCUT2D eigenvalue weighted by Crippen LogP contribution is 2.10. The minimum Gasteiger partial charge on any atom is -0.463 e. The van der Waals surface area contributed by atoms with E-state index in [1.165, 1.54) is 6.92 Å². The molecule has 0 bridgehead atoms. The van der Waals surface area contributed by atoms with Gasteiger partial charge in [0.25, 0.3) is 0 Å². The van der Waals surface area contributed by atoms with Gasteiger partial charge in [0.2, 0.25) is 0 Å². The van der Waals surface area contributed by atoms with E-state index in [0.29, 0.717) is 6.42 Å². The van der Waals surface area contributed by atoms with Crippen molar-refractivity contribution in [2.75, 3.05) is 6.61 Å². The molecule has 0 aliphatic heterocycles. The van der Waals surface area contributed by atoms with Gasteiger partial charge < -0.3 is 9.47 Å². The van der Waals surface area contributed by atoms with Gasteiger partial charge in [0.15, 0.2) is 0 Å². The van der Waals surface area contributed by atoms with Crippen LogP contribution < -0.4 is 0 Å². The third kappa shape index (κ3) is 4.07. The van der Waals surface area contributed by atoms with E-state index in [9.17, 15) is 9.59 Å². The highest BCUT2D eigenvalue weighted by Gasteiger charge is 2.20. The van der Waals surface area contributed by atoms with Crippen molar-refractivity contribution in [3.8, 4) is 0 Å². The number of carbonyl (C=O) groups excluding carboxylic acids is 2. The van der Waals surface area contributed by atoms with Crippen LogP contribution in [0.5, 0.6) is 0 Å². The Morgan fingerprint density at radius 3 is 2.29 bits per heavy atom. The van der Waals surface area contributed by atoms with Gasteiger partial charge in [-0.1, -0.05) is 13.5 Å². The summed E-state index contributed by atoms with van der Waals surface area (Å²) in [5.41, 5.74) is 0.185. The molecule has 0 rings (SSSR count). The molecule has 0 spiro atoms. The molecule has 0 N–H and O–H groups in total. The molecule has 80 valence electrons. The van der Waals surface area contributed by atoms with Crippen LogP contribution in [0.4, 0.5) is 0 Å². The molecular formula is C10H16O4.